The van der Waals surface area contributed by atoms with E-state index in [-0.39, 0.29) is 32.7 Å². The van der Waals surface area contributed by atoms with Gasteiger partial charge in [-0.25, -0.2) is 0 Å². The van der Waals surface area contributed by atoms with Gasteiger partial charge in [0.15, 0.2) is 12.2 Å². The molecule has 2 N–H and O–H groups in total. The summed E-state index contributed by atoms with van der Waals surface area (Å²) < 4.78 is 83.3. The van der Waals surface area contributed by atoms with E-state index in [4.69, 9.17) is 0 Å². The molecule has 0 aliphatic heterocycles. The minimum Gasteiger partial charge on any atom is -0.379 e. The topological polar surface area (TPSA) is 40.5 Å². The number of hydrogen-bond donors (Lipinski definition) is 2. The summed E-state index contributed by atoms with van der Waals surface area (Å²) in [6, 6.07) is 25.5. The Hall–Kier alpha value is -4.14. The van der Waals surface area contributed by atoms with Gasteiger partial charge in [0.05, 0.1) is 0 Å². The predicted molar refractivity (Wildman–Crippen MR) is 144 cm³/mol. The Labute approximate surface area is 223 Å². The number of alkyl halides is 6. The van der Waals surface area contributed by atoms with Crippen LogP contribution in [0.4, 0.5) is 26.3 Å². The Balaban J connectivity index is 1.87. The molecule has 0 saturated heterocycles. The average molecular weight is 550 g/mol. The highest BCUT2D eigenvalue weighted by Crippen LogP contribution is 2.50. The molecule has 0 aliphatic carbocycles. The summed E-state index contributed by atoms with van der Waals surface area (Å²) >= 11 is 0. The van der Waals surface area contributed by atoms with Gasteiger partial charge in [-0.3, -0.25) is 0 Å². The molecule has 2 nitrogen and oxygen atoms in total. The highest BCUT2D eigenvalue weighted by molar-refractivity contribution is 6.25. The normalized spacial score (nSPS) is 14.3. The third-order valence-electron chi connectivity index (χ3n) is 7.36. The first kappa shape index (κ1) is 26.1. The number of halogens is 6. The van der Waals surface area contributed by atoms with Crippen LogP contribution in [0.3, 0.4) is 0 Å². The van der Waals surface area contributed by atoms with Gasteiger partial charge in [0.2, 0.25) is 0 Å². The number of benzene rings is 6. The molecule has 202 valence electrons. The van der Waals surface area contributed by atoms with Crippen molar-refractivity contribution in [3.63, 3.8) is 0 Å². The standard InChI is InChI=1S/C32H20F6O2/c33-31(34,35)29(39)27-21-13-5-1-9-17(21)25(18-10-2-6-14-22(18)27)26-19-11-3-7-15-23(19)28(30(40)32(36,37)38)24-16-8-4-12-20(24)26/h1-16,29-30,39-40H/t29-,30+. The van der Waals surface area contributed by atoms with Gasteiger partial charge >= 0.3 is 12.4 Å². The molecule has 8 heteroatoms. The minimum atomic E-state index is -4.93. The fourth-order valence-electron chi connectivity index (χ4n) is 5.78. The largest absolute Gasteiger partial charge is 0.418 e. The van der Waals surface area contributed by atoms with E-state index in [9.17, 15) is 36.6 Å². The van der Waals surface area contributed by atoms with Crippen LogP contribution in [0.5, 0.6) is 0 Å². The Morgan fingerprint density at radius 3 is 0.775 bits per heavy atom. The highest BCUT2D eigenvalue weighted by atomic mass is 19.4. The monoisotopic (exact) mass is 550 g/mol. The summed E-state index contributed by atoms with van der Waals surface area (Å²) in [7, 11) is 0. The Kier molecular flexibility index (Phi) is 6.01. The molecule has 0 fully saturated rings. The van der Waals surface area contributed by atoms with Crippen molar-refractivity contribution >= 4 is 43.1 Å². The quantitative estimate of drug-likeness (QED) is 0.170. The second kappa shape index (κ2) is 9.21. The molecule has 0 spiro atoms. The number of hydrogen-bond acceptors (Lipinski definition) is 2. The van der Waals surface area contributed by atoms with E-state index >= 15 is 0 Å². The van der Waals surface area contributed by atoms with Crippen LogP contribution in [0.2, 0.25) is 0 Å². The smallest absolute Gasteiger partial charge is 0.379 e. The van der Waals surface area contributed by atoms with Gasteiger partial charge in [0, 0.05) is 11.1 Å². The lowest BCUT2D eigenvalue weighted by Crippen LogP contribution is -2.21. The first-order valence-corrected chi connectivity index (χ1v) is 12.4. The van der Waals surface area contributed by atoms with Crippen molar-refractivity contribution in [2.24, 2.45) is 0 Å². The van der Waals surface area contributed by atoms with Gasteiger partial charge in [0.25, 0.3) is 0 Å². The number of aliphatic hydroxyl groups is 2. The van der Waals surface area contributed by atoms with Crippen LogP contribution < -0.4 is 0 Å². The van der Waals surface area contributed by atoms with Crippen LogP contribution >= 0.6 is 0 Å². The average Bonchev–Trinajstić information content (AvgIpc) is 2.93. The lowest BCUT2D eigenvalue weighted by molar-refractivity contribution is -0.206. The highest BCUT2D eigenvalue weighted by Gasteiger charge is 2.43. The van der Waals surface area contributed by atoms with E-state index in [1.54, 1.807) is 72.8 Å². The summed E-state index contributed by atoms with van der Waals surface area (Å²) in [5, 5.41) is 23.3. The van der Waals surface area contributed by atoms with Gasteiger partial charge < -0.3 is 10.2 Å². The molecule has 6 rings (SSSR count). The van der Waals surface area contributed by atoms with Crippen LogP contribution in [0.25, 0.3) is 54.2 Å². The van der Waals surface area contributed by atoms with Crippen LogP contribution in [0.15, 0.2) is 97.1 Å². The van der Waals surface area contributed by atoms with Crippen molar-refractivity contribution < 1.29 is 36.6 Å². The van der Waals surface area contributed by atoms with Gasteiger partial charge in [-0.15, -0.1) is 0 Å². The predicted octanol–water partition coefficient (Wildman–Crippen LogP) is 9.16. The lowest BCUT2D eigenvalue weighted by atomic mass is 9.81. The van der Waals surface area contributed by atoms with E-state index in [0.717, 1.165) is 0 Å². The summed E-state index contributed by atoms with van der Waals surface area (Å²) in [6.45, 7) is 0. The maximum Gasteiger partial charge on any atom is 0.418 e. The van der Waals surface area contributed by atoms with Crippen LogP contribution in [-0.2, 0) is 0 Å². The molecule has 6 aromatic carbocycles. The molecule has 0 radical (unpaired) electrons. The number of rotatable bonds is 3. The van der Waals surface area contributed by atoms with Crippen LogP contribution in [0.1, 0.15) is 23.3 Å². The maximum atomic E-state index is 13.9. The summed E-state index contributed by atoms with van der Waals surface area (Å²) in [5.41, 5.74) is 0.454. The Bertz CT molecular complexity index is 1670. The van der Waals surface area contributed by atoms with Crippen LogP contribution in [0, 0.1) is 0 Å². The first-order chi connectivity index (χ1) is 19.0. The number of fused-ring (bicyclic) bond motifs is 4. The van der Waals surface area contributed by atoms with E-state index in [0.29, 0.717) is 32.7 Å². The third-order valence-corrected chi connectivity index (χ3v) is 7.36. The molecular weight excluding hydrogens is 530 g/mol. The van der Waals surface area contributed by atoms with Gasteiger partial charge in [0.1, 0.15) is 0 Å². The molecule has 0 bridgehead atoms. The van der Waals surface area contributed by atoms with Crippen molar-refractivity contribution in [3.05, 3.63) is 108 Å². The zero-order valence-corrected chi connectivity index (χ0v) is 20.6. The van der Waals surface area contributed by atoms with Crippen LogP contribution in [-0.4, -0.2) is 22.6 Å². The first-order valence-electron chi connectivity index (χ1n) is 12.4. The Morgan fingerprint density at radius 2 is 0.575 bits per heavy atom. The van der Waals surface area contributed by atoms with Gasteiger partial charge in [-0.05, 0) is 54.2 Å². The van der Waals surface area contributed by atoms with E-state index < -0.39 is 24.6 Å². The second-order valence-corrected chi connectivity index (χ2v) is 9.65. The molecule has 0 heterocycles. The summed E-state index contributed by atoms with van der Waals surface area (Å²) in [5.74, 6) is 0. The molecule has 6 aromatic rings. The zero-order chi connectivity index (χ0) is 28.4. The van der Waals surface area contributed by atoms with E-state index in [1.807, 2.05) is 0 Å². The van der Waals surface area contributed by atoms with Crippen molar-refractivity contribution in [1.82, 2.24) is 0 Å². The van der Waals surface area contributed by atoms with Crippen molar-refractivity contribution in [2.75, 3.05) is 0 Å². The number of aliphatic hydroxyl groups excluding tert-OH is 2. The van der Waals surface area contributed by atoms with Crippen molar-refractivity contribution in [3.8, 4) is 11.1 Å². The SMILES string of the molecule is O[C@H](c1c2ccccc2c(-c2c3ccccc3c([C@H](O)C(F)(F)F)c3ccccc23)c2ccccc12)C(F)(F)F. The molecule has 0 unspecified atom stereocenters. The summed E-state index contributed by atoms with van der Waals surface area (Å²) in [4.78, 5) is 0. The third kappa shape index (κ3) is 3.98. The molecule has 40 heavy (non-hydrogen) atoms. The van der Waals surface area contributed by atoms with E-state index in [2.05, 4.69) is 0 Å². The van der Waals surface area contributed by atoms with Gasteiger partial charge in [-0.2, -0.15) is 26.3 Å². The fourth-order valence-corrected chi connectivity index (χ4v) is 5.78. The second-order valence-electron chi connectivity index (χ2n) is 9.65. The molecular formula is C32H20F6O2. The van der Waals surface area contributed by atoms with Gasteiger partial charge in [-0.1, -0.05) is 97.1 Å². The zero-order valence-electron chi connectivity index (χ0n) is 20.6. The summed E-state index contributed by atoms with van der Waals surface area (Å²) in [6.07, 6.45) is -15.4. The molecule has 0 aromatic heterocycles. The Morgan fingerprint density at radius 1 is 0.375 bits per heavy atom. The van der Waals surface area contributed by atoms with Crippen molar-refractivity contribution in [2.45, 2.75) is 24.6 Å². The minimum absolute atomic E-state index is 0.175. The molecule has 0 saturated carbocycles. The maximum absolute atomic E-state index is 13.9. The lowest BCUT2D eigenvalue weighted by Gasteiger charge is -2.25. The molecule has 0 aliphatic rings. The molecule has 0 amide bonds. The van der Waals surface area contributed by atoms with Crippen molar-refractivity contribution in [1.29, 1.82) is 0 Å². The van der Waals surface area contributed by atoms with E-state index in [1.165, 1.54) is 24.3 Å². The fraction of sp³-hybridized carbons (Fsp3) is 0.125. The molecule has 2 atom stereocenters.